The summed E-state index contributed by atoms with van der Waals surface area (Å²) in [5.74, 6) is 0.548. The van der Waals surface area contributed by atoms with Crippen LogP contribution >= 0.6 is 0 Å². The minimum absolute atomic E-state index is 0.173. The van der Waals surface area contributed by atoms with Crippen LogP contribution in [0.5, 0.6) is 0 Å². The highest BCUT2D eigenvalue weighted by molar-refractivity contribution is 5.97. The molecule has 1 aromatic rings. The van der Waals surface area contributed by atoms with Crippen molar-refractivity contribution in [3.63, 3.8) is 0 Å². The number of piperazine rings is 2. The van der Waals surface area contributed by atoms with Crippen LogP contribution in [-0.2, 0) is 4.79 Å². The first-order valence-corrected chi connectivity index (χ1v) is 8.16. The third kappa shape index (κ3) is 3.81. The molecule has 2 saturated heterocycles. The summed E-state index contributed by atoms with van der Waals surface area (Å²) in [6.07, 6.45) is 5.16. The van der Waals surface area contributed by atoms with Gasteiger partial charge in [0.25, 0.3) is 5.91 Å². The maximum Gasteiger partial charge on any atom is 0.266 e. The van der Waals surface area contributed by atoms with Crippen LogP contribution in [0.25, 0.3) is 0 Å². The molecule has 3 rings (SSSR count). The quantitative estimate of drug-likeness (QED) is 0.588. The Labute approximate surface area is 141 Å². The normalized spacial score (nSPS) is 19.1. The number of nitriles is 1. The van der Waals surface area contributed by atoms with E-state index in [9.17, 15) is 10.1 Å². The molecule has 8 heteroatoms. The SMILES string of the molecule is N#C/C(=C/N1CCN(c2ncccn2)CC1)C(=O)N1CCNCC1. The van der Waals surface area contributed by atoms with Crippen LogP contribution in [-0.4, -0.2) is 78.0 Å². The summed E-state index contributed by atoms with van der Waals surface area (Å²) >= 11 is 0. The molecular formula is C16H21N7O. The third-order valence-electron chi connectivity index (χ3n) is 4.22. The molecule has 0 bridgehead atoms. The van der Waals surface area contributed by atoms with Crippen LogP contribution in [0.2, 0.25) is 0 Å². The highest BCUT2D eigenvalue weighted by Gasteiger charge is 2.22. The van der Waals surface area contributed by atoms with Crippen molar-refractivity contribution in [1.82, 2.24) is 25.1 Å². The van der Waals surface area contributed by atoms with E-state index in [2.05, 4.69) is 26.3 Å². The molecule has 1 N–H and O–H groups in total. The summed E-state index contributed by atoms with van der Waals surface area (Å²) in [4.78, 5) is 26.8. The maximum atomic E-state index is 12.4. The lowest BCUT2D eigenvalue weighted by Gasteiger charge is -2.34. The first-order valence-electron chi connectivity index (χ1n) is 8.16. The highest BCUT2D eigenvalue weighted by Crippen LogP contribution is 2.12. The Morgan fingerprint density at radius 3 is 2.42 bits per heavy atom. The zero-order chi connectivity index (χ0) is 16.8. The lowest BCUT2D eigenvalue weighted by atomic mass is 10.2. The molecule has 0 radical (unpaired) electrons. The maximum absolute atomic E-state index is 12.4. The molecule has 24 heavy (non-hydrogen) atoms. The van der Waals surface area contributed by atoms with Gasteiger partial charge < -0.3 is 20.0 Å². The van der Waals surface area contributed by atoms with Gasteiger partial charge in [0.1, 0.15) is 11.6 Å². The molecule has 0 aromatic carbocycles. The zero-order valence-corrected chi connectivity index (χ0v) is 13.6. The van der Waals surface area contributed by atoms with Gasteiger partial charge in [0.2, 0.25) is 5.95 Å². The molecule has 3 heterocycles. The lowest BCUT2D eigenvalue weighted by Crippen LogP contribution is -2.47. The van der Waals surface area contributed by atoms with Gasteiger partial charge in [-0.15, -0.1) is 0 Å². The fourth-order valence-electron chi connectivity index (χ4n) is 2.86. The molecule has 0 spiro atoms. The molecule has 2 aliphatic rings. The molecular weight excluding hydrogens is 306 g/mol. The largest absolute Gasteiger partial charge is 0.373 e. The number of carbonyl (C=O) groups excluding carboxylic acids is 1. The van der Waals surface area contributed by atoms with E-state index in [1.54, 1.807) is 29.6 Å². The van der Waals surface area contributed by atoms with E-state index in [-0.39, 0.29) is 11.5 Å². The van der Waals surface area contributed by atoms with Crippen LogP contribution in [0.4, 0.5) is 5.95 Å². The number of rotatable bonds is 3. The highest BCUT2D eigenvalue weighted by atomic mass is 16.2. The number of hydrogen-bond donors (Lipinski definition) is 1. The van der Waals surface area contributed by atoms with Crippen molar-refractivity contribution < 1.29 is 4.79 Å². The molecule has 0 aliphatic carbocycles. The van der Waals surface area contributed by atoms with Crippen LogP contribution < -0.4 is 10.2 Å². The fraction of sp³-hybridized carbons (Fsp3) is 0.500. The Kier molecular flexibility index (Phi) is 5.23. The molecule has 126 valence electrons. The van der Waals surface area contributed by atoms with Crippen LogP contribution in [0, 0.1) is 11.3 Å². The Balaban J connectivity index is 1.59. The van der Waals surface area contributed by atoms with Crippen LogP contribution in [0.15, 0.2) is 30.2 Å². The molecule has 0 atom stereocenters. The predicted octanol–water partition coefficient (Wildman–Crippen LogP) is -0.562. The van der Waals surface area contributed by atoms with Gasteiger partial charge >= 0.3 is 0 Å². The van der Waals surface area contributed by atoms with Crippen molar-refractivity contribution in [3.05, 3.63) is 30.2 Å². The Morgan fingerprint density at radius 2 is 1.79 bits per heavy atom. The van der Waals surface area contributed by atoms with E-state index >= 15 is 0 Å². The Bertz CT molecular complexity index is 626. The number of amides is 1. The summed E-state index contributed by atoms with van der Waals surface area (Å²) < 4.78 is 0. The number of carbonyl (C=O) groups is 1. The van der Waals surface area contributed by atoms with E-state index in [0.29, 0.717) is 13.1 Å². The Hall–Kier alpha value is -2.66. The van der Waals surface area contributed by atoms with Gasteiger partial charge in [0, 0.05) is 71.0 Å². The van der Waals surface area contributed by atoms with Crippen molar-refractivity contribution in [2.45, 2.75) is 0 Å². The third-order valence-corrected chi connectivity index (χ3v) is 4.22. The second-order valence-corrected chi connectivity index (χ2v) is 5.77. The molecule has 1 aromatic heterocycles. The summed E-state index contributed by atoms with van der Waals surface area (Å²) in [6, 6.07) is 3.85. The van der Waals surface area contributed by atoms with Gasteiger partial charge in [0.15, 0.2) is 0 Å². The summed E-state index contributed by atoms with van der Waals surface area (Å²) in [6.45, 7) is 5.85. The van der Waals surface area contributed by atoms with Crippen molar-refractivity contribution in [2.24, 2.45) is 0 Å². The van der Waals surface area contributed by atoms with Crippen LogP contribution in [0.3, 0.4) is 0 Å². The first-order chi connectivity index (χ1) is 11.8. The smallest absolute Gasteiger partial charge is 0.266 e. The fourth-order valence-corrected chi connectivity index (χ4v) is 2.86. The molecule has 8 nitrogen and oxygen atoms in total. The number of anilines is 1. The van der Waals surface area contributed by atoms with E-state index < -0.39 is 0 Å². The van der Waals surface area contributed by atoms with Gasteiger partial charge in [0.05, 0.1) is 0 Å². The average Bonchev–Trinajstić information content (AvgIpc) is 2.67. The van der Waals surface area contributed by atoms with Crippen molar-refractivity contribution in [2.75, 3.05) is 57.3 Å². The molecule has 2 aliphatic heterocycles. The van der Waals surface area contributed by atoms with Gasteiger partial charge in [-0.2, -0.15) is 5.26 Å². The standard InChI is InChI=1S/C16H21N7O/c17-12-14(15(24)22-6-4-18-5-7-22)13-21-8-10-23(11-9-21)16-19-2-1-3-20-16/h1-3,13,18H,4-11H2/b14-13-. The van der Waals surface area contributed by atoms with E-state index in [4.69, 9.17) is 0 Å². The predicted molar refractivity (Wildman–Crippen MR) is 89.0 cm³/mol. The number of nitrogens with one attached hydrogen (secondary N) is 1. The molecule has 1 amide bonds. The van der Waals surface area contributed by atoms with Crippen molar-refractivity contribution in [3.8, 4) is 6.07 Å². The minimum Gasteiger partial charge on any atom is -0.373 e. The number of nitrogens with zero attached hydrogens (tertiary/aromatic N) is 6. The van der Waals surface area contributed by atoms with Gasteiger partial charge in [-0.3, -0.25) is 4.79 Å². The second kappa shape index (κ2) is 7.75. The average molecular weight is 327 g/mol. The summed E-state index contributed by atoms with van der Waals surface area (Å²) in [7, 11) is 0. The van der Waals surface area contributed by atoms with Gasteiger partial charge in [-0.05, 0) is 6.07 Å². The number of aromatic nitrogens is 2. The topological polar surface area (TPSA) is 88.4 Å². The van der Waals surface area contributed by atoms with E-state index in [1.807, 2.05) is 4.90 Å². The lowest BCUT2D eigenvalue weighted by molar-refractivity contribution is -0.127. The number of hydrogen-bond acceptors (Lipinski definition) is 7. The summed E-state index contributed by atoms with van der Waals surface area (Å²) in [5, 5.41) is 12.6. The van der Waals surface area contributed by atoms with Crippen molar-refractivity contribution >= 4 is 11.9 Å². The zero-order valence-electron chi connectivity index (χ0n) is 13.6. The van der Waals surface area contributed by atoms with E-state index in [1.165, 1.54) is 0 Å². The van der Waals surface area contributed by atoms with Gasteiger partial charge in [-0.25, -0.2) is 9.97 Å². The summed E-state index contributed by atoms with van der Waals surface area (Å²) in [5.41, 5.74) is 0.210. The van der Waals surface area contributed by atoms with Gasteiger partial charge in [-0.1, -0.05) is 0 Å². The molecule has 0 saturated carbocycles. The molecule has 2 fully saturated rings. The Morgan fingerprint density at radius 1 is 1.12 bits per heavy atom. The molecule has 0 unspecified atom stereocenters. The van der Waals surface area contributed by atoms with E-state index in [0.717, 1.165) is 45.2 Å². The first kappa shape index (κ1) is 16.2. The second-order valence-electron chi connectivity index (χ2n) is 5.77. The van der Waals surface area contributed by atoms with Crippen molar-refractivity contribution in [1.29, 1.82) is 5.26 Å². The minimum atomic E-state index is -0.173. The monoisotopic (exact) mass is 327 g/mol. The van der Waals surface area contributed by atoms with Crippen LogP contribution in [0.1, 0.15) is 0 Å².